The van der Waals surface area contributed by atoms with Gasteiger partial charge in [0.15, 0.2) is 0 Å². The lowest BCUT2D eigenvalue weighted by molar-refractivity contribution is -0.131. The molecule has 3 N–H and O–H groups in total. The van der Waals surface area contributed by atoms with Gasteiger partial charge in [0.2, 0.25) is 5.91 Å². The molecule has 2 atom stereocenters. The minimum absolute atomic E-state index is 0.0216. The van der Waals surface area contributed by atoms with Crippen molar-refractivity contribution in [1.29, 1.82) is 0 Å². The predicted molar refractivity (Wildman–Crippen MR) is 104 cm³/mol. The number of fused-ring (bicyclic) bond motifs is 1. The molecule has 11 heteroatoms. The standard InChI is InChI=1S/C19H20ClF2N5O3/c20-12-1-2-15(30-19(21)22)13(3-12)17-14(18(23)29)8-27(25-17)9-16(28)26-6-10-4-24-5-11(10)7-26/h1-3,8,10-11,19,24H,4-7,9H2,(H2,23,29). The molecule has 2 aliphatic heterocycles. The number of hydrogen-bond donors (Lipinski definition) is 2. The molecule has 4 rings (SSSR count). The molecule has 30 heavy (non-hydrogen) atoms. The monoisotopic (exact) mass is 439 g/mol. The van der Waals surface area contributed by atoms with Crippen LogP contribution in [-0.2, 0) is 11.3 Å². The van der Waals surface area contributed by atoms with Crippen LogP contribution in [0.25, 0.3) is 11.3 Å². The second kappa shape index (κ2) is 8.19. The first-order chi connectivity index (χ1) is 14.3. The summed E-state index contributed by atoms with van der Waals surface area (Å²) < 4.78 is 31.4. The Balaban J connectivity index is 1.61. The van der Waals surface area contributed by atoms with Gasteiger partial charge in [0, 0.05) is 43.0 Å². The largest absolute Gasteiger partial charge is 0.434 e. The Morgan fingerprint density at radius 3 is 2.63 bits per heavy atom. The highest BCUT2D eigenvalue weighted by Gasteiger charge is 2.38. The van der Waals surface area contributed by atoms with Crippen LogP contribution >= 0.6 is 11.6 Å². The third kappa shape index (κ3) is 4.10. The molecule has 8 nitrogen and oxygen atoms in total. The van der Waals surface area contributed by atoms with Gasteiger partial charge in [0.25, 0.3) is 5.91 Å². The SMILES string of the molecule is NC(=O)c1cn(CC(=O)N2CC3CNCC3C2)nc1-c1cc(Cl)ccc1OC(F)F. The van der Waals surface area contributed by atoms with E-state index in [4.69, 9.17) is 17.3 Å². The number of carbonyl (C=O) groups is 2. The van der Waals surface area contributed by atoms with Gasteiger partial charge in [-0.1, -0.05) is 11.6 Å². The van der Waals surface area contributed by atoms with Crippen LogP contribution in [0.2, 0.25) is 5.02 Å². The van der Waals surface area contributed by atoms with Gasteiger partial charge in [0.05, 0.1) is 5.56 Å². The van der Waals surface area contributed by atoms with Crippen molar-refractivity contribution in [2.75, 3.05) is 26.2 Å². The van der Waals surface area contributed by atoms with Crippen molar-refractivity contribution in [3.63, 3.8) is 0 Å². The van der Waals surface area contributed by atoms with Crippen molar-refractivity contribution >= 4 is 23.4 Å². The van der Waals surface area contributed by atoms with Gasteiger partial charge >= 0.3 is 6.61 Å². The van der Waals surface area contributed by atoms with E-state index < -0.39 is 12.5 Å². The van der Waals surface area contributed by atoms with E-state index in [2.05, 4.69) is 15.2 Å². The molecule has 2 fully saturated rings. The number of carbonyl (C=O) groups excluding carboxylic acids is 2. The molecule has 2 aromatic rings. The first-order valence-electron chi connectivity index (χ1n) is 9.42. The van der Waals surface area contributed by atoms with Crippen LogP contribution in [0.4, 0.5) is 8.78 Å². The summed E-state index contributed by atoms with van der Waals surface area (Å²) in [7, 11) is 0. The molecule has 1 aromatic carbocycles. The van der Waals surface area contributed by atoms with Crippen LogP contribution in [0.5, 0.6) is 5.75 Å². The molecular weight excluding hydrogens is 420 g/mol. The molecule has 0 spiro atoms. The topological polar surface area (TPSA) is 102 Å². The average Bonchev–Trinajstić information content (AvgIpc) is 3.37. The third-order valence-electron chi connectivity index (χ3n) is 5.48. The third-order valence-corrected chi connectivity index (χ3v) is 5.71. The second-order valence-electron chi connectivity index (χ2n) is 7.45. The lowest BCUT2D eigenvalue weighted by Gasteiger charge is -2.17. The number of alkyl halides is 2. The van der Waals surface area contributed by atoms with Crippen molar-refractivity contribution in [2.24, 2.45) is 17.6 Å². The van der Waals surface area contributed by atoms with Gasteiger partial charge in [-0.25, -0.2) is 0 Å². The van der Waals surface area contributed by atoms with Crippen LogP contribution in [0.1, 0.15) is 10.4 Å². The molecule has 3 heterocycles. The first kappa shape index (κ1) is 20.5. The summed E-state index contributed by atoms with van der Waals surface area (Å²) in [6, 6.07) is 4.00. The van der Waals surface area contributed by atoms with Gasteiger partial charge in [-0.05, 0) is 30.0 Å². The highest BCUT2D eigenvalue weighted by atomic mass is 35.5. The number of hydrogen-bond acceptors (Lipinski definition) is 5. The zero-order chi connectivity index (χ0) is 21.4. The second-order valence-corrected chi connectivity index (χ2v) is 7.89. The molecule has 2 aliphatic rings. The number of rotatable bonds is 6. The molecule has 0 radical (unpaired) electrons. The van der Waals surface area contributed by atoms with E-state index in [-0.39, 0.29) is 40.0 Å². The fourth-order valence-electron chi connectivity index (χ4n) is 4.07. The van der Waals surface area contributed by atoms with E-state index in [0.717, 1.165) is 13.1 Å². The number of ether oxygens (including phenoxy) is 1. The zero-order valence-electron chi connectivity index (χ0n) is 15.9. The number of nitrogens with one attached hydrogen (secondary N) is 1. The van der Waals surface area contributed by atoms with E-state index in [9.17, 15) is 18.4 Å². The Morgan fingerprint density at radius 2 is 2.00 bits per heavy atom. The van der Waals surface area contributed by atoms with Crippen molar-refractivity contribution in [2.45, 2.75) is 13.2 Å². The maximum Gasteiger partial charge on any atom is 0.387 e. The lowest BCUT2D eigenvalue weighted by atomic mass is 10.0. The fourth-order valence-corrected chi connectivity index (χ4v) is 4.24. The van der Waals surface area contributed by atoms with Crippen LogP contribution in [0.15, 0.2) is 24.4 Å². The quantitative estimate of drug-likeness (QED) is 0.711. The number of amides is 2. The summed E-state index contributed by atoms with van der Waals surface area (Å²) in [5.74, 6) is -0.251. The lowest BCUT2D eigenvalue weighted by Crippen LogP contribution is -2.34. The molecule has 0 saturated carbocycles. The van der Waals surface area contributed by atoms with E-state index in [1.165, 1.54) is 29.1 Å². The predicted octanol–water partition coefficient (Wildman–Crippen LogP) is 1.58. The van der Waals surface area contributed by atoms with E-state index >= 15 is 0 Å². The van der Waals surface area contributed by atoms with Gasteiger partial charge < -0.3 is 20.7 Å². The number of likely N-dealkylation sites (tertiary alicyclic amines) is 1. The van der Waals surface area contributed by atoms with Crippen molar-refractivity contribution < 1.29 is 23.1 Å². The molecule has 0 aliphatic carbocycles. The van der Waals surface area contributed by atoms with Crippen LogP contribution in [0.3, 0.4) is 0 Å². The van der Waals surface area contributed by atoms with Crippen LogP contribution in [0, 0.1) is 11.8 Å². The zero-order valence-corrected chi connectivity index (χ0v) is 16.6. The Morgan fingerprint density at radius 1 is 1.30 bits per heavy atom. The van der Waals surface area contributed by atoms with E-state index in [1.54, 1.807) is 4.90 Å². The molecule has 2 amide bonds. The molecule has 2 saturated heterocycles. The summed E-state index contributed by atoms with van der Waals surface area (Å²) in [4.78, 5) is 26.5. The summed E-state index contributed by atoms with van der Waals surface area (Å²) >= 11 is 6.00. The molecule has 2 unspecified atom stereocenters. The minimum Gasteiger partial charge on any atom is -0.434 e. The maximum atomic E-state index is 12.8. The highest BCUT2D eigenvalue weighted by molar-refractivity contribution is 6.31. The van der Waals surface area contributed by atoms with Crippen molar-refractivity contribution in [3.05, 3.63) is 35.0 Å². The number of nitrogens with zero attached hydrogens (tertiary/aromatic N) is 3. The maximum absolute atomic E-state index is 12.8. The first-order valence-corrected chi connectivity index (χ1v) is 9.80. The number of halogens is 3. The average molecular weight is 440 g/mol. The van der Waals surface area contributed by atoms with Gasteiger partial charge in [-0.15, -0.1) is 0 Å². The Hall–Kier alpha value is -2.72. The van der Waals surface area contributed by atoms with Crippen LogP contribution in [-0.4, -0.2) is 59.3 Å². The number of primary amides is 1. The van der Waals surface area contributed by atoms with E-state index in [0.29, 0.717) is 24.9 Å². The smallest absolute Gasteiger partial charge is 0.387 e. The summed E-state index contributed by atoms with van der Waals surface area (Å²) in [5, 5.41) is 7.82. The molecule has 1 aromatic heterocycles. The van der Waals surface area contributed by atoms with Gasteiger partial charge in [0.1, 0.15) is 18.0 Å². The van der Waals surface area contributed by atoms with E-state index in [1.807, 2.05) is 0 Å². The Kier molecular flexibility index (Phi) is 5.61. The summed E-state index contributed by atoms with van der Waals surface area (Å²) in [5.41, 5.74) is 5.54. The number of benzene rings is 1. The number of aromatic nitrogens is 2. The Labute approximate surface area is 175 Å². The number of nitrogens with two attached hydrogens (primary N) is 1. The van der Waals surface area contributed by atoms with Crippen molar-refractivity contribution in [1.82, 2.24) is 20.0 Å². The van der Waals surface area contributed by atoms with Gasteiger partial charge in [-0.3, -0.25) is 14.3 Å². The minimum atomic E-state index is -3.07. The molecule has 0 bridgehead atoms. The normalized spacial score (nSPS) is 20.6. The highest BCUT2D eigenvalue weighted by Crippen LogP contribution is 2.35. The Bertz CT molecular complexity index is 971. The van der Waals surface area contributed by atoms with Gasteiger partial charge in [-0.2, -0.15) is 13.9 Å². The van der Waals surface area contributed by atoms with Crippen molar-refractivity contribution in [3.8, 4) is 17.0 Å². The van der Waals surface area contributed by atoms with Crippen LogP contribution < -0.4 is 15.8 Å². The summed E-state index contributed by atoms with van der Waals surface area (Å²) in [6.07, 6.45) is 1.33. The molecular formula is C19H20ClF2N5O3. The molecule has 160 valence electrons. The fraction of sp³-hybridized carbons (Fsp3) is 0.421. The summed E-state index contributed by atoms with van der Waals surface area (Å²) in [6.45, 7) is -0.0302.